The minimum atomic E-state index is -0.700. The van der Waals surface area contributed by atoms with Crippen molar-refractivity contribution >= 4 is 0 Å². The summed E-state index contributed by atoms with van der Waals surface area (Å²) in [4.78, 5) is 2.40. The van der Waals surface area contributed by atoms with Crippen molar-refractivity contribution in [2.45, 2.75) is 57.6 Å². The lowest BCUT2D eigenvalue weighted by Crippen LogP contribution is -2.41. The van der Waals surface area contributed by atoms with Crippen molar-refractivity contribution in [1.29, 1.82) is 0 Å². The lowest BCUT2D eigenvalue weighted by Gasteiger charge is -2.35. The van der Waals surface area contributed by atoms with Crippen LogP contribution in [-0.2, 0) is 0 Å². The second-order valence-electron chi connectivity index (χ2n) is 5.86. The average molecular weight is 228 g/mol. The molecule has 3 N–H and O–H groups in total. The Morgan fingerprint density at radius 2 is 2.12 bits per heavy atom. The van der Waals surface area contributed by atoms with Gasteiger partial charge in [0.1, 0.15) is 0 Å². The zero-order chi connectivity index (χ0) is 12.2. The van der Waals surface area contributed by atoms with E-state index in [-0.39, 0.29) is 0 Å². The van der Waals surface area contributed by atoms with Crippen LogP contribution >= 0.6 is 0 Å². The van der Waals surface area contributed by atoms with Crippen molar-refractivity contribution in [2.75, 3.05) is 20.1 Å². The van der Waals surface area contributed by atoms with Crippen LogP contribution in [0.1, 0.15) is 46.0 Å². The highest BCUT2D eigenvalue weighted by molar-refractivity contribution is 4.80. The molecule has 0 aromatic carbocycles. The van der Waals surface area contributed by atoms with Crippen LogP contribution in [0.15, 0.2) is 0 Å². The summed E-state index contributed by atoms with van der Waals surface area (Å²) in [6, 6.07) is 0.706. The molecule has 3 nitrogen and oxygen atoms in total. The quantitative estimate of drug-likeness (QED) is 0.751. The standard InChI is InChI=1S/C13H28N2O/c1-11-5-4-6-12(9-11)15(3)8-7-13(2,16)10-14/h11-12,16H,4-10,14H2,1-3H3. The van der Waals surface area contributed by atoms with E-state index < -0.39 is 5.60 Å². The Morgan fingerprint density at radius 1 is 1.44 bits per heavy atom. The molecule has 1 rings (SSSR count). The van der Waals surface area contributed by atoms with Gasteiger partial charge in [0.2, 0.25) is 0 Å². The SMILES string of the molecule is CC1CCCC(N(C)CCC(C)(O)CN)C1. The average Bonchev–Trinajstić information content (AvgIpc) is 2.26. The van der Waals surface area contributed by atoms with Gasteiger partial charge < -0.3 is 15.7 Å². The van der Waals surface area contributed by atoms with E-state index in [1.807, 2.05) is 6.92 Å². The van der Waals surface area contributed by atoms with Gasteiger partial charge in [0.05, 0.1) is 5.60 Å². The van der Waals surface area contributed by atoms with Gasteiger partial charge >= 0.3 is 0 Å². The first-order chi connectivity index (χ1) is 7.44. The summed E-state index contributed by atoms with van der Waals surface area (Å²) in [7, 11) is 2.18. The van der Waals surface area contributed by atoms with Gasteiger partial charge in [-0.15, -0.1) is 0 Å². The second kappa shape index (κ2) is 5.99. The first kappa shape index (κ1) is 13.9. The summed E-state index contributed by atoms with van der Waals surface area (Å²) in [5.74, 6) is 0.858. The normalized spacial score (nSPS) is 30.4. The van der Waals surface area contributed by atoms with E-state index in [1.54, 1.807) is 0 Å². The second-order valence-corrected chi connectivity index (χ2v) is 5.86. The molecule has 0 spiro atoms. The predicted molar refractivity (Wildman–Crippen MR) is 68.3 cm³/mol. The van der Waals surface area contributed by atoms with Crippen LogP contribution in [-0.4, -0.2) is 41.8 Å². The Labute approximate surface area is 100 Å². The molecule has 1 saturated carbocycles. The number of hydrogen-bond acceptors (Lipinski definition) is 3. The lowest BCUT2D eigenvalue weighted by molar-refractivity contribution is 0.0415. The fourth-order valence-corrected chi connectivity index (χ4v) is 2.50. The van der Waals surface area contributed by atoms with Crippen LogP contribution in [0.25, 0.3) is 0 Å². The summed E-state index contributed by atoms with van der Waals surface area (Å²) in [5.41, 5.74) is 4.82. The number of nitrogens with zero attached hydrogens (tertiary/aromatic N) is 1. The third-order valence-electron chi connectivity index (χ3n) is 3.97. The molecule has 0 heterocycles. The van der Waals surface area contributed by atoms with E-state index >= 15 is 0 Å². The van der Waals surface area contributed by atoms with Crippen molar-refractivity contribution < 1.29 is 5.11 Å². The van der Waals surface area contributed by atoms with E-state index in [0.29, 0.717) is 12.6 Å². The molecule has 0 bridgehead atoms. The number of nitrogens with two attached hydrogens (primary N) is 1. The molecular weight excluding hydrogens is 200 g/mol. The molecule has 96 valence electrons. The fraction of sp³-hybridized carbons (Fsp3) is 1.00. The van der Waals surface area contributed by atoms with Crippen LogP contribution in [0.4, 0.5) is 0 Å². The molecule has 3 heteroatoms. The van der Waals surface area contributed by atoms with Gasteiger partial charge in [-0.05, 0) is 39.2 Å². The topological polar surface area (TPSA) is 49.5 Å². The molecular formula is C13H28N2O. The largest absolute Gasteiger partial charge is 0.389 e. The Bertz CT molecular complexity index is 206. The van der Waals surface area contributed by atoms with Crippen molar-refractivity contribution in [1.82, 2.24) is 4.90 Å². The van der Waals surface area contributed by atoms with Gasteiger partial charge in [0, 0.05) is 19.1 Å². The maximum absolute atomic E-state index is 9.87. The third-order valence-corrected chi connectivity index (χ3v) is 3.97. The first-order valence-electron chi connectivity index (χ1n) is 6.57. The maximum Gasteiger partial charge on any atom is 0.0753 e. The molecule has 3 unspecified atom stereocenters. The Kier molecular flexibility index (Phi) is 5.22. The van der Waals surface area contributed by atoms with E-state index in [1.165, 1.54) is 25.7 Å². The summed E-state index contributed by atoms with van der Waals surface area (Å²) in [6.07, 6.45) is 6.12. The highest BCUT2D eigenvalue weighted by atomic mass is 16.3. The number of hydrogen-bond donors (Lipinski definition) is 2. The minimum Gasteiger partial charge on any atom is -0.389 e. The van der Waals surface area contributed by atoms with E-state index in [2.05, 4.69) is 18.9 Å². The van der Waals surface area contributed by atoms with Crippen molar-refractivity contribution in [3.05, 3.63) is 0 Å². The molecule has 3 atom stereocenters. The molecule has 16 heavy (non-hydrogen) atoms. The summed E-state index contributed by atoms with van der Waals surface area (Å²) in [6.45, 7) is 5.46. The minimum absolute atomic E-state index is 0.349. The molecule has 0 aromatic heterocycles. The van der Waals surface area contributed by atoms with E-state index in [4.69, 9.17) is 5.73 Å². The zero-order valence-corrected chi connectivity index (χ0v) is 11.1. The van der Waals surface area contributed by atoms with Gasteiger partial charge in [-0.25, -0.2) is 0 Å². The zero-order valence-electron chi connectivity index (χ0n) is 11.1. The van der Waals surface area contributed by atoms with Crippen molar-refractivity contribution in [2.24, 2.45) is 11.7 Å². The highest BCUT2D eigenvalue weighted by Gasteiger charge is 2.24. The van der Waals surface area contributed by atoms with Crippen LogP contribution in [0.3, 0.4) is 0 Å². The van der Waals surface area contributed by atoms with Gasteiger partial charge in [0.15, 0.2) is 0 Å². The smallest absolute Gasteiger partial charge is 0.0753 e. The van der Waals surface area contributed by atoms with Gasteiger partial charge in [-0.2, -0.15) is 0 Å². The van der Waals surface area contributed by atoms with Crippen LogP contribution < -0.4 is 5.73 Å². The van der Waals surface area contributed by atoms with Crippen LogP contribution in [0.2, 0.25) is 0 Å². The molecule has 0 aromatic rings. The number of rotatable bonds is 5. The van der Waals surface area contributed by atoms with Gasteiger partial charge in [-0.3, -0.25) is 0 Å². The Hall–Kier alpha value is -0.120. The van der Waals surface area contributed by atoms with Gasteiger partial charge in [-0.1, -0.05) is 19.8 Å². The summed E-state index contributed by atoms with van der Waals surface area (Å²) in [5, 5.41) is 9.87. The highest BCUT2D eigenvalue weighted by Crippen LogP contribution is 2.27. The molecule has 0 saturated heterocycles. The predicted octanol–water partition coefficient (Wildman–Crippen LogP) is 1.60. The maximum atomic E-state index is 9.87. The fourth-order valence-electron chi connectivity index (χ4n) is 2.50. The van der Waals surface area contributed by atoms with Crippen molar-refractivity contribution in [3.8, 4) is 0 Å². The molecule has 1 aliphatic carbocycles. The Morgan fingerprint density at radius 3 is 2.69 bits per heavy atom. The van der Waals surface area contributed by atoms with Crippen LogP contribution in [0.5, 0.6) is 0 Å². The summed E-state index contributed by atoms with van der Waals surface area (Å²) < 4.78 is 0. The monoisotopic (exact) mass is 228 g/mol. The molecule has 0 radical (unpaired) electrons. The first-order valence-corrected chi connectivity index (χ1v) is 6.57. The lowest BCUT2D eigenvalue weighted by atomic mass is 9.86. The van der Waals surface area contributed by atoms with Crippen LogP contribution in [0, 0.1) is 5.92 Å². The van der Waals surface area contributed by atoms with Gasteiger partial charge in [0.25, 0.3) is 0 Å². The molecule has 1 aliphatic rings. The van der Waals surface area contributed by atoms with E-state index in [9.17, 15) is 5.11 Å². The van der Waals surface area contributed by atoms with Crippen molar-refractivity contribution in [3.63, 3.8) is 0 Å². The van der Waals surface area contributed by atoms with E-state index in [0.717, 1.165) is 18.9 Å². The molecule has 0 aliphatic heterocycles. The third kappa shape index (κ3) is 4.40. The Balaban J connectivity index is 2.31. The number of aliphatic hydroxyl groups is 1. The summed E-state index contributed by atoms with van der Waals surface area (Å²) >= 11 is 0. The molecule has 1 fully saturated rings. The molecule has 0 amide bonds.